The molecule has 0 bridgehead atoms. The minimum atomic E-state index is 0.0223. The Balaban J connectivity index is 1.48. The molecular formula is C11H20N2O3. The van der Waals surface area contributed by atoms with Crippen molar-refractivity contribution in [2.75, 3.05) is 32.9 Å². The van der Waals surface area contributed by atoms with Gasteiger partial charge < -0.3 is 20.1 Å². The van der Waals surface area contributed by atoms with Gasteiger partial charge in [-0.05, 0) is 12.8 Å². The van der Waals surface area contributed by atoms with E-state index in [0.717, 1.165) is 6.54 Å². The molecule has 0 aromatic heterocycles. The molecule has 0 aromatic carbocycles. The highest BCUT2D eigenvalue weighted by atomic mass is 16.6. The van der Waals surface area contributed by atoms with Crippen LogP contribution >= 0.6 is 0 Å². The lowest BCUT2D eigenvalue weighted by Gasteiger charge is -2.23. The van der Waals surface area contributed by atoms with Crippen molar-refractivity contribution >= 4 is 5.91 Å². The fourth-order valence-corrected chi connectivity index (χ4v) is 1.65. The highest BCUT2D eigenvalue weighted by molar-refractivity contribution is 5.76. The molecule has 1 saturated carbocycles. The number of nitrogens with one attached hydrogen (secondary N) is 2. The molecule has 2 N–H and O–H groups in total. The van der Waals surface area contributed by atoms with Crippen molar-refractivity contribution in [1.82, 2.24) is 10.6 Å². The number of hydrogen-bond acceptors (Lipinski definition) is 4. The van der Waals surface area contributed by atoms with Gasteiger partial charge in [0.15, 0.2) is 0 Å². The van der Waals surface area contributed by atoms with Crippen LogP contribution in [0.4, 0.5) is 0 Å². The quantitative estimate of drug-likeness (QED) is 0.653. The van der Waals surface area contributed by atoms with Crippen LogP contribution in [0.15, 0.2) is 0 Å². The third-order valence-corrected chi connectivity index (χ3v) is 2.77. The Hall–Kier alpha value is -0.650. The van der Waals surface area contributed by atoms with Gasteiger partial charge >= 0.3 is 0 Å². The molecule has 1 aliphatic carbocycles. The highest BCUT2D eigenvalue weighted by Gasteiger charge is 2.20. The van der Waals surface area contributed by atoms with E-state index in [-0.39, 0.29) is 12.0 Å². The fourth-order valence-electron chi connectivity index (χ4n) is 1.65. The van der Waals surface area contributed by atoms with Crippen molar-refractivity contribution in [2.45, 2.75) is 31.4 Å². The summed E-state index contributed by atoms with van der Waals surface area (Å²) in [6.45, 7) is 3.21. The summed E-state index contributed by atoms with van der Waals surface area (Å²) in [6, 6.07) is 0.669. The Kier molecular flexibility index (Phi) is 4.56. The molecule has 92 valence electrons. The molecule has 1 unspecified atom stereocenters. The van der Waals surface area contributed by atoms with Crippen molar-refractivity contribution in [1.29, 1.82) is 0 Å². The van der Waals surface area contributed by atoms with Crippen molar-refractivity contribution < 1.29 is 14.3 Å². The summed E-state index contributed by atoms with van der Waals surface area (Å²) in [7, 11) is 0. The minimum absolute atomic E-state index is 0.0223. The first-order chi connectivity index (χ1) is 7.84. The third kappa shape index (κ3) is 4.47. The average Bonchev–Trinajstić information content (AvgIpc) is 3.12. The maximum absolute atomic E-state index is 11.4. The van der Waals surface area contributed by atoms with Gasteiger partial charge in [0, 0.05) is 25.6 Å². The van der Waals surface area contributed by atoms with Gasteiger partial charge in [-0.3, -0.25) is 4.79 Å². The zero-order chi connectivity index (χ0) is 11.2. The SMILES string of the molecule is O=C(CCNC1CC1)NCC1COCCO1. The number of hydrogen-bond donors (Lipinski definition) is 2. The van der Waals surface area contributed by atoms with Crippen LogP contribution in [0, 0.1) is 0 Å². The van der Waals surface area contributed by atoms with Crippen molar-refractivity contribution in [3.63, 3.8) is 0 Å². The van der Waals surface area contributed by atoms with Gasteiger partial charge in [-0.15, -0.1) is 0 Å². The van der Waals surface area contributed by atoms with Gasteiger partial charge in [-0.1, -0.05) is 0 Å². The van der Waals surface area contributed by atoms with Crippen LogP contribution in [-0.4, -0.2) is 51.0 Å². The van der Waals surface area contributed by atoms with Crippen LogP contribution in [0.25, 0.3) is 0 Å². The van der Waals surface area contributed by atoms with E-state index in [9.17, 15) is 4.79 Å². The largest absolute Gasteiger partial charge is 0.376 e. The van der Waals surface area contributed by atoms with Crippen LogP contribution < -0.4 is 10.6 Å². The molecule has 1 aliphatic heterocycles. The molecule has 1 amide bonds. The summed E-state index contributed by atoms with van der Waals surface area (Å²) >= 11 is 0. The van der Waals surface area contributed by atoms with E-state index in [0.29, 0.717) is 38.8 Å². The Morgan fingerprint density at radius 2 is 2.19 bits per heavy atom. The molecule has 2 rings (SSSR count). The molecule has 2 aliphatic rings. The van der Waals surface area contributed by atoms with Crippen LogP contribution in [-0.2, 0) is 14.3 Å². The molecule has 2 fully saturated rings. The number of carbonyl (C=O) groups excluding carboxylic acids is 1. The van der Waals surface area contributed by atoms with E-state index in [1.165, 1.54) is 12.8 Å². The van der Waals surface area contributed by atoms with Crippen molar-refractivity contribution in [2.24, 2.45) is 0 Å². The van der Waals surface area contributed by atoms with Crippen LogP contribution in [0.5, 0.6) is 0 Å². The molecule has 0 radical (unpaired) electrons. The van der Waals surface area contributed by atoms with Gasteiger partial charge in [-0.2, -0.15) is 0 Å². The Morgan fingerprint density at radius 1 is 1.31 bits per heavy atom. The van der Waals surface area contributed by atoms with E-state index in [2.05, 4.69) is 10.6 Å². The summed E-state index contributed by atoms with van der Waals surface area (Å²) in [5, 5.41) is 6.17. The van der Waals surface area contributed by atoms with Crippen LogP contribution in [0.3, 0.4) is 0 Å². The van der Waals surface area contributed by atoms with Gasteiger partial charge in [0.2, 0.25) is 5.91 Å². The Labute approximate surface area is 95.9 Å². The topological polar surface area (TPSA) is 59.6 Å². The second kappa shape index (κ2) is 6.18. The Morgan fingerprint density at radius 3 is 2.88 bits per heavy atom. The highest BCUT2D eigenvalue weighted by Crippen LogP contribution is 2.18. The third-order valence-electron chi connectivity index (χ3n) is 2.77. The minimum Gasteiger partial charge on any atom is -0.376 e. The number of rotatable bonds is 6. The molecule has 0 spiro atoms. The van der Waals surface area contributed by atoms with E-state index in [1.807, 2.05) is 0 Å². The first-order valence-electron chi connectivity index (χ1n) is 6.04. The van der Waals surface area contributed by atoms with Gasteiger partial charge in [0.1, 0.15) is 0 Å². The van der Waals surface area contributed by atoms with Crippen molar-refractivity contribution in [3.05, 3.63) is 0 Å². The molecule has 16 heavy (non-hydrogen) atoms. The van der Waals surface area contributed by atoms with Crippen LogP contribution in [0.1, 0.15) is 19.3 Å². The summed E-state index contributed by atoms with van der Waals surface area (Å²) in [5.74, 6) is 0.0855. The number of ether oxygens (including phenoxy) is 2. The molecule has 1 saturated heterocycles. The molecule has 0 aromatic rings. The standard InChI is InChI=1S/C11H20N2O3/c14-11(3-4-12-9-1-2-9)13-7-10-8-15-5-6-16-10/h9-10,12H,1-8H2,(H,13,14). The maximum Gasteiger partial charge on any atom is 0.221 e. The van der Waals surface area contributed by atoms with E-state index >= 15 is 0 Å². The second-order valence-corrected chi connectivity index (χ2v) is 4.35. The summed E-state index contributed by atoms with van der Waals surface area (Å²) in [5.41, 5.74) is 0. The average molecular weight is 228 g/mol. The summed E-state index contributed by atoms with van der Waals surface area (Å²) in [6.07, 6.45) is 3.09. The maximum atomic E-state index is 11.4. The lowest BCUT2D eigenvalue weighted by Crippen LogP contribution is -2.40. The predicted molar refractivity (Wildman–Crippen MR) is 59.2 cm³/mol. The zero-order valence-corrected chi connectivity index (χ0v) is 9.54. The predicted octanol–water partition coefficient (Wildman–Crippen LogP) is -0.340. The molecule has 5 nitrogen and oxygen atoms in total. The Bertz CT molecular complexity index is 225. The lowest BCUT2D eigenvalue weighted by atomic mass is 10.3. The van der Waals surface area contributed by atoms with Gasteiger partial charge in [-0.25, -0.2) is 0 Å². The number of amides is 1. The van der Waals surface area contributed by atoms with Crippen LogP contribution in [0.2, 0.25) is 0 Å². The molecule has 1 heterocycles. The number of carbonyl (C=O) groups is 1. The summed E-state index contributed by atoms with van der Waals surface area (Å²) in [4.78, 5) is 11.4. The van der Waals surface area contributed by atoms with E-state index < -0.39 is 0 Å². The monoisotopic (exact) mass is 228 g/mol. The second-order valence-electron chi connectivity index (χ2n) is 4.35. The molecule has 5 heteroatoms. The normalized spacial score (nSPS) is 25.4. The van der Waals surface area contributed by atoms with E-state index in [4.69, 9.17) is 9.47 Å². The summed E-state index contributed by atoms with van der Waals surface area (Å²) < 4.78 is 10.7. The van der Waals surface area contributed by atoms with E-state index in [1.54, 1.807) is 0 Å². The smallest absolute Gasteiger partial charge is 0.221 e. The molecular weight excluding hydrogens is 208 g/mol. The first-order valence-corrected chi connectivity index (χ1v) is 6.04. The first kappa shape index (κ1) is 11.8. The fraction of sp³-hybridized carbons (Fsp3) is 0.909. The van der Waals surface area contributed by atoms with Gasteiger partial charge in [0.05, 0.1) is 25.9 Å². The lowest BCUT2D eigenvalue weighted by molar-refractivity contribution is -0.123. The molecule has 1 atom stereocenters. The van der Waals surface area contributed by atoms with Crippen molar-refractivity contribution in [3.8, 4) is 0 Å². The van der Waals surface area contributed by atoms with Gasteiger partial charge in [0.25, 0.3) is 0 Å². The zero-order valence-electron chi connectivity index (χ0n) is 9.54.